The maximum Gasteiger partial charge on any atom is 0.387 e. The summed E-state index contributed by atoms with van der Waals surface area (Å²) in [7, 11) is 0. The van der Waals surface area contributed by atoms with Crippen LogP contribution in [-0.4, -0.2) is 15.8 Å². The summed E-state index contributed by atoms with van der Waals surface area (Å²) in [4.78, 5) is 13.3. The summed E-state index contributed by atoms with van der Waals surface area (Å²) >= 11 is 6.38. The summed E-state index contributed by atoms with van der Waals surface area (Å²) < 4.78 is 27.5. The highest BCUT2D eigenvalue weighted by atomic mass is 79.9. The summed E-state index contributed by atoms with van der Waals surface area (Å²) in [5, 5.41) is 0. The van der Waals surface area contributed by atoms with Crippen LogP contribution in [0.15, 0.2) is 36.5 Å². The summed E-state index contributed by atoms with van der Waals surface area (Å²) in [5.74, 6) is -0.262. The van der Waals surface area contributed by atoms with Gasteiger partial charge in [-0.3, -0.25) is 9.69 Å². The van der Waals surface area contributed by atoms with Crippen LogP contribution in [0.4, 0.5) is 14.5 Å². The highest BCUT2D eigenvalue weighted by molar-refractivity contribution is 9.26. The van der Waals surface area contributed by atoms with E-state index in [0.717, 1.165) is 0 Å². The molecule has 96 valence electrons. The standard InChI is InChI=1S/C11H7Br2F2NO2/c12-11(13)4-5-16(9(11)17)7-2-1-3-8(6-7)18-10(14)15/h1-6,10H. The van der Waals surface area contributed by atoms with Crippen LogP contribution in [0.25, 0.3) is 0 Å². The minimum absolute atomic E-state index is 0.00495. The van der Waals surface area contributed by atoms with E-state index >= 15 is 0 Å². The minimum Gasteiger partial charge on any atom is -0.435 e. The van der Waals surface area contributed by atoms with Crippen LogP contribution in [0.1, 0.15) is 0 Å². The van der Waals surface area contributed by atoms with Gasteiger partial charge in [-0.1, -0.05) is 37.9 Å². The molecule has 0 saturated heterocycles. The Balaban J connectivity index is 2.25. The number of halogens is 4. The van der Waals surface area contributed by atoms with Crippen molar-refractivity contribution in [3.63, 3.8) is 0 Å². The fourth-order valence-corrected chi connectivity index (χ4v) is 2.10. The van der Waals surface area contributed by atoms with Crippen LogP contribution < -0.4 is 9.64 Å². The lowest BCUT2D eigenvalue weighted by atomic mass is 10.3. The van der Waals surface area contributed by atoms with Crippen molar-refractivity contribution in [2.75, 3.05) is 4.90 Å². The Hall–Kier alpha value is -0.950. The van der Waals surface area contributed by atoms with Crippen LogP contribution in [0, 0.1) is 0 Å². The predicted molar refractivity (Wildman–Crippen MR) is 70.3 cm³/mol. The summed E-state index contributed by atoms with van der Waals surface area (Å²) in [6.07, 6.45) is 3.16. The number of nitrogens with zero attached hydrogens (tertiary/aromatic N) is 1. The number of carbonyl (C=O) groups is 1. The highest BCUT2D eigenvalue weighted by Gasteiger charge is 2.38. The molecule has 3 nitrogen and oxygen atoms in total. The molecule has 2 rings (SSSR count). The fraction of sp³-hybridized carbons (Fsp3) is 0.182. The summed E-state index contributed by atoms with van der Waals surface area (Å²) in [5.41, 5.74) is 0.454. The molecule has 0 unspecified atom stereocenters. The number of anilines is 1. The van der Waals surface area contributed by atoms with Crippen LogP contribution in [0.5, 0.6) is 5.75 Å². The number of rotatable bonds is 3. The Morgan fingerprint density at radius 2 is 2.06 bits per heavy atom. The van der Waals surface area contributed by atoms with Crippen molar-refractivity contribution in [1.29, 1.82) is 0 Å². The number of amides is 1. The monoisotopic (exact) mass is 381 g/mol. The molecule has 1 aromatic rings. The molecule has 0 radical (unpaired) electrons. The number of ether oxygens (including phenoxy) is 1. The van der Waals surface area contributed by atoms with Crippen molar-refractivity contribution in [1.82, 2.24) is 0 Å². The molecular formula is C11H7Br2F2NO2. The lowest BCUT2D eigenvalue weighted by molar-refractivity contribution is -0.116. The van der Waals surface area contributed by atoms with Crippen LogP contribution in [0.3, 0.4) is 0 Å². The van der Waals surface area contributed by atoms with Gasteiger partial charge in [0, 0.05) is 12.3 Å². The van der Waals surface area contributed by atoms with Crippen molar-refractivity contribution >= 4 is 43.5 Å². The summed E-state index contributed by atoms with van der Waals surface area (Å²) in [6.45, 7) is -2.89. The molecule has 1 aliphatic rings. The van der Waals surface area contributed by atoms with Gasteiger partial charge in [-0.05, 0) is 18.2 Å². The molecule has 1 aliphatic heterocycles. The molecule has 18 heavy (non-hydrogen) atoms. The number of carbonyl (C=O) groups excluding carboxylic acids is 1. The lowest BCUT2D eigenvalue weighted by Crippen LogP contribution is -2.31. The maximum absolute atomic E-state index is 12.1. The van der Waals surface area contributed by atoms with Crippen molar-refractivity contribution in [2.45, 2.75) is 9.85 Å². The Labute approximate surface area is 119 Å². The van der Waals surface area contributed by atoms with Crippen LogP contribution in [0.2, 0.25) is 0 Å². The normalized spacial score (nSPS) is 17.6. The van der Waals surface area contributed by atoms with Crippen LogP contribution >= 0.6 is 31.9 Å². The first kappa shape index (κ1) is 13.5. The Morgan fingerprint density at radius 3 is 2.61 bits per heavy atom. The number of alkyl halides is 4. The largest absolute Gasteiger partial charge is 0.435 e. The first-order valence-corrected chi connectivity index (χ1v) is 6.44. The topological polar surface area (TPSA) is 29.5 Å². The smallest absolute Gasteiger partial charge is 0.387 e. The molecular weight excluding hydrogens is 376 g/mol. The first-order valence-electron chi connectivity index (χ1n) is 4.86. The summed E-state index contributed by atoms with van der Waals surface area (Å²) in [6, 6.07) is 5.93. The molecule has 1 amide bonds. The van der Waals surface area contributed by atoms with Gasteiger partial charge in [-0.2, -0.15) is 8.78 Å². The number of benzene rings is 1. The molecule has 0 atom stereocenters. The fourth-order valence-electron chi connectivity index (χ4n) is 1.48. The van der Waals surface area contributed by atoms with E-state index in [1.807, 2.05) is 0 Å². The second-order valence-electron chi connectivity index (χ2n) is 3.49. The van der Waals surface area contributed by atoms with Gasteiger partial charge in [0.15, 0.2) is 3.23 Å². The molecule has 7 heteroatoms. The van der Waals surface area contributed by atoms with Gasteiger partial charge < -0.3 is 4.74 Å². The molecule has 1 heterocycles. The van der Waals surface area contributed by atoms with E-state index < -0.39 is 9.85 Å². The average Bonchev–Trinajstić information content (AvgIpc) is 2.54. The second kappa shape index (κ2) is 4.97. The highest BCUT2D eigenvalue weighted by Crippen LogP contribution is 2.37. The Kier molecular flexibility index (Phi) is 3.72. The van der Waals surface area contributed by atoms with Crippen LogP contribution in [-0.2, 0) is 4.79 Å². The van der Waals surface area contributed by atoms with Gasteiger partial charge in [0.05, 0.1) is 5.69 Å². The van der Waals surface area contributed by atoms with Gasteiger partial charge in [0.25, 0.3) is 5.91 Å². The van der Waals surface area contributed by atoms with E-state index in [9.17, 15) is 13.6 Å². The third-order valence-corrected chi connectivity index (χ3v) is 3.46. The van der Waals surface area contributed by atoms with E-state index in [1.54, 1.807) is 18.3 Å². The third-order valence-electron chi connectivity index (χ3n) is 2.26. The molecule has 0 aromatic heterocycles. The molecule has 0 bridgehead atoms. The van der Waals surface area contributed by atoms with E-state index in [1.165, 1.54) is 23.1 Å². The van der Waals surface area contributed by atoms with Crippen molar-refractivity contribution in [2.24, 2.45) is 0 Å². The Morgan fingerprint density at radius 1 is 1.33 bits per heavy atom. The van der Waals surface area contributed by atoms with Gasteiger partial charge >= 0.3 is 6.61 Å². The van der Waals surface area contributed by atoms with E-state index in [-0.39, 0.29) is 11.7 Å². The molecule has 0 fully saturated rings. The predicted octanol–water partition coefficient (Wildman–Crippen LogP) is 3.63. The SMILES string of the molecule is O=C1N(c2cccc(OC(F)F)c2)C=CC1(Br)Br. The molecule has 0 saturated carbocycles. The van der Waals surface area contributed by atoms with E-state index in [0.29, 0.717) is 5.69 Å². The van der Waals surface area contributed by atoms with E-state index in [2.05, 4.69) is 36.6 Å². The zero-order valence-corrected chi connectivity index (χ0v) is 12.0. The van der Waals surface area contributed by atoms with Crippen molar-refractivity contribution < 1.29 is 18.3 Å². The van der Waals surface area contributed by atoms with Crippen molar-refractivity contribution in [3.05, 3.63) is 36.5 Å². The Bertz CT molecular complexity index is 506. The minimum atomic E-state index is -2.89. The maximum atomic E-state index is 12.1. The number of hydrogen-bond acceptors (Lipinski definition) is 2. The van der Waals surface area contributed by atoms with Gasteiger partial charge in [-0.15, -0.1) is 0 Å². The van der Waals surface area contributed by atoms with E-state index in [4.69, 9.17) is 0 Å². The molecule has 1 aromatic carbocycles. The lowest BCUT2D eigenvalue weighted by Gasteiger charge is -2.18. The van der Waals surface area contributed by atoms with Gasteiger partial charge in [0.2, 0.25) is 0 Å². The quantitative estimate of drug-likeness (QED) is 0.747. The number of hydrogen-bond donors (Lipinski definition) is 0. The second-order valence-corrected chi connectivity index (χ2v) is 7.06. The third kappa shape index (κ3) is 2.72. The zero-order valence-electron chi connectivity index (χ0n) is 8.82. The molecule has 0 N–H and O–H groups in total. The van der Waals surface area contributed by atoms with Crippen molar-refractivity contribution in [3.8, 4) is 5.75 Å². The van der Waals surface area contributed by atoms with Gasteiger partial charge in [0.1, 0.15) is 5.75 Å². The first-order chi connectivity index (χ1) is 8.40. The molecule has 0 aliphatic carbocycles. The van der Waals surface area contributed by atoms with Gasteiger partial charge in [-0.25, -0.2) is 0 Å². The molecule has 0 spiro atoms. The zero-order chi connectivity index (χ0) is 13.3. The average molecular weight is 383 g/mol.